The van der Waals surface area contributed by atoms with E-state index in [9.17, 15) is 9.59 Å². The number of ether oxygens (including phenoxy) is 2. The van der Waals surface area contributed by atoms with Crippen molar-refractivity contribution in [1.29, 1.82) is 0 Å². The normalized spacial score (nSPS) is 28.4. The van der Waals surface area contributed by atoms with Crippen LogP contribution in [0.1, 0.15) is 32.1 Å². The number of amides is 1. The number of halogens is 1. The predicted molar refractivity (Wildman–Crippen MR) is 92.3 cm³/mol. The van der Waals surface area contributed by atoms with E-state index in [1.165, 1.54) is 0 Å². The molecule has 1 aliphatic heterocycles. The molecule has 24 heavy (non-hydrogen) atoms. The Morgan fingerprint density at radius 1 is 1.08 bits per heavy atom. The van der Waals surface area contributed by atoms with Gasteiger partial charge in [0.05, 0.1) is 5.69 Å². The van der Waals surface area contributed by atoms with Gasteiger partial charge < -0.3 is 14.8 Å². The van der Waals surface area contributed by atoms with Crippen molar-refractivity contribution < 1.29 is 19.1 Å². The Labute approximate surface area is 149 Å². The molecular formula is C18H20BrNO4. The van der Waals surface area contributed by atoms with Crippen LogP contribution in [0.3, 0.4) is 0 Å². The lowest BCUT2D eigenvalue weighted by Crippen LogP contribution is -2.40. The van der Waals surface area contributed by atoms with Crippen LogP contribution in [0.2, 0.25) is 0 Å². The number of rotatable bonds is 2. The number of carbonyl (C=O) groups is 2. The second kappa shape index (κ2) is 6.39. The van der Waals surface area contributed by atoms with Gasteiger partial charge in [-0.1, -0.05) is 6.42 Å². The number of nitrogens with one attached hydrogen (secondary N) is 1. The number of benzene rings is 1. The molecule has 128 valence electrons. The topological polar surface area (TPSA) is 64.6 Å². The first-order valence-electron chi connectivity index (χ1n) is 8.55. The second-order valence-electron chi connectivity index (χ2n) is 6.86. The van der Waals surface area contributed by atoms with E-state index in [2.05, 4.69) is 21.2 Å². The molecule has 0 radical (unpaired) electrons. The summed E-state index contributed by atoms with van der Waals surface area (Å²) < 4.78 is 11.9. The average Bonchev–Trinajstić information content (AvgIpc) is 2.55. The van der Waals surface area contributed by atoms with Crippen LogP contribution in [0, 0.1) is 17.8 Å². The van der Waals surface area contributed by atoms with Crippen LogP contribution in [0.5, 0.6) is 11.5 Å². The monoisotopic (exact) mass is 393 g/mol. The third-order valence-corrected chi connectivity index (χ3v) is 5.96. The minimum atomic E-state index is -0.0851. The number of hydrogen-bond donors (Lipinski definition) is 1. The molecule has 1 amide bonds. The van der Waals surface area contributed by atoms with Gasteiger partial charge in [0.2, 0.25) is 5.91 Å². The van der Waals surface area contributed by atoms with Gasteiger partial charge in [0.15, 0.2) is 11.5 Å². The Hall–Kier alpha value is -1.56. The molecule has 1 aromatic rings. The van der Waals surface area contributed by atoms with Crippen molar-refractivity contribution in [2.24, 2.45) is 17.8 Å². The minimum absolute atomic E-state index is 0.00298. The smallest absolute Gasteiger partial charge is 0.227 e. The van der Waals surface area contributed by atoms with Crippen molar-refractivity contribution in [3.63, 3.8) is 0 Å². The van der Waals surface area contributed by atoms with Crippen molar-refractivity contribution in [2.45, 2.75) is 32.1 Å². The van der Waals surface area contributed by atoms with Crippen LogP contribution in [-0.2, 0) is 9.59 Å². The minimum Gasteiger partial charge on any atom is -0.486 e. The molecule has 0 spiro atoms. The Kier molecular flexibility index (Phi) is 4.24. The zero-order valence-corrected chi connectivity index (χ0v) is 14.9. The Bertz CT molecular complexity index is 674. The molecule has 1 unspecified atom stereocenters. The highest BCUT2D eigenvalue weighted by Gasteiger charge is 2.41. The first-order valence-corrected chi connectivity index (χ1v) is 9.35. The first-order chi connectivity index (χ1) is 11.6. The number of anilines is 1. The van der Waals surface area contributed by atoms with E-state index in [1.54, 1.807) is 6.07 Å². The molecule has 1 N–H and O–H groups in total. The molecule has 6 heteroatoms. The van der Waals surface area contributed by atoms with Crippen LogP contribution >= 0.6 is 15.9 Å². The number of fused-ring (bicyclic) bond motifs is 3. The van der Waals surface area contributed by atoms with E-state index in [4.69, 9.17) is 9.47 Å². The maximum Gasteiger partial charge on any atom is 0.227 e. The summed E-state index contributed by atoms with van der Waals surface area (Å²) in [7, 11) is 0. The van der Waals surface area contributed by atoms with Crippen molar-refractivity contribution in [3.05, 3.63) is 16.6 Å². The third-order valence-electron chi connectivity index (χ3n) is 5.31. The number of carbonyl (C=O) groups excluding carboxylic acids is 2. The molecule has 2 saturated carbocycles. The zero-order valence-electron chi connectivity index (χ0n) is 13.3. The molecule has 1 aromatic carbocycles. The molecule has 1 heterocycles. The van der Waals surface area contributed by atoms with Crippen LogP contribution < -0.4 is 14.8 Å². The summed E-state index contributed by atoms with van der Waals surface area (Å²) >= 11 is 3.48. The third kappa shape index (κ3) is 2.92. The SMILES string of the molecule is O=C(Nc1cc2c(cc1Br)OCCO2)C1C[C@H]2CCC[C@@H](C1)C2=O. The van der Waals surface area contributed by atoms with E-state index in [1.807, 2.05) is 6.07 Å². The predicted octanol–water partition coefficient (Wildman–Crippen LogP) is 3.55. The van der Waals surface area contributed by atoms with Gasteiger partial charge in [-0.3, -0.25) is 9.59 Å². The van der Waals surface area contributed by atoms with Gasteiger partial charge in [0.1, 0.15) is 19.0 Å². The van der Waals surface area contributed by atoms with E-state index in [0.717, 1.165) is 23.7 Å². The van der Waals surface area contributed by atoms with Crippen LogP contribution in [0.4, 0.5) is 5.69 Å². The summed E-state index contributed by atoms with van der Waals surface area (Å²) in [6, 6.07) is 3.62. The lowest BCUT2D eigenvalue weighted by atomic mass is 9.67. The maximum atomic E-state index is 12.7. The van der Waals surface area contributed by atoms with E-state index in [0.29, 0.717) is 49.0 Å². The average molecular weight is 394 g/mol. The Morgan fingerprint density at radius 3 is 2.38 bits per heavy atom. The largest absolute Gasteiger partial charge is 0.486 e. The van der Waals surface area contributed by atoms with Gasteiger partial charge >= 0.3 is 0 Å². The summed E-state index contributed by atoms with van der Waals surface area (Å²) in [5.74, 6) is 1.79. The van der Waals surface area contributed by atoms with E-state index >= 15 is 0 Å². The fourth-order valence-corrected chi connectivity index (χ4v) is 4.51. The standard InChI is InChI=1S/C18H20BrNO4/c19-13-8-15-16(24-5-4-23-15)9-14(13)20-18(22)12-6-10-2-1-3-11(7-12)17(10)21/h8-12H,1-7H2,(H,20,22)/t10-,11+,12?. The van der Waals surface area contributed by atoms with Gasteiger partial charge in [0, 0.05) is 34.4 Å². The van der Waals surface area contributed by atoms with Crippen molar-refractivity contribution in [2.75, 3.05) is 18.5 Å². The molecule has 3 atom stereocenters. The number of ketones is 1. The number of Topliss-reactive ketones (excluding diaryl/α,β-unsaturated/α-hetero) is 1. The van der Waals surface area contributed by atoms with Gasteiger partial charge in [-0.15, -0.1) is 0 Å². The van der Waals surface area contributed by atoms with Crippen LogP contribution in [0.15, 0.2) is 16.6 Å². The van der Waals surface area contributed by atoms with Crippen molar-refractivity contribution in [3.8, 4) is 11.5 Å². The van der Waals surface area contributed by atoms with Crippen molar-refractivity contribution >= 4 is 33.3 Å². The summed E-state index contributed by atoms with van der Waals surface area (Å²) in [6.07, 6.45) is 4.36. The molecule has 4 rings (SSSR count). The van der Waals surface area contributed by atoms with Crippen molar-refractivity contribution in [1.82, 2.24) is 0 Å². The summed E-state index contributed by atoms with van der Waals surface area (Å²) in [5, 5.41) is 3.00. The fraction of sp³-hybridized carbons (Fsp3) is 0.556. The van der Waals surface area contributed by atoms with Crippen LogP contribution in [0.25, 0.3) is 0 Å². The fourth-order valence-electron chi connectivity index (χ4n) is 4.09. The lowest BCUT2D eigenvalue weighted by Gasteiger charge is -2.37. The summed E-state index contributed by atoms with van der Waals surface area (Å²) in [5.41, 5.74) is 0.686. The van der Waals surface area contributed by atoms with Gasteiger partial charge in [-0.05, 0) is 41.6 Å². The molecule has 0 saturated heterocycles. The highest BCUT2D eigenvalue weighted by atomic mass is 79.9. The number of hydrogen-bond acceptors (Lipinski definition) is 4. The highest BCUT2D eigenvalue weighted by Crippen LogP contribution is 2.42. The molecule has 2 aliphatic carbocycles. The molecule has 3 aliphatic rings. The Morgan fingerprint density at radius 2 is 1.71 bits per heavy atom. The van der Waals surface area contributed by atoms with Gasteiger partial charge in [-0.25, -0.2) is 0 Å². The van der Waals surface area contributed by atoms with E-state index in [-0.39, 0.29) is 23.7 Å². The quantitative estimate of drug-likeness (QED) is 0.833. The highest BCUT2D eigenvalue weighted by molar-refractivity contribution is 9.10. The van der Waals surface area contributed by atoms with Gasteiger partial charge in [-0.2, -0.15) is 0 Å². The van der Waals surface area contributed by atoms with E-state index < -0.39 is 0 Å². The zero-order chi connectivity index (χ0) is 16.7. The lowest BCUT2D eigenvalue weighted by molar-refractivity contribution is -0.136. The van der Waals surface area contributed by atoms with Crippen LogP contribution in [-0.4, -0.2) is 24.9 Å². The molecular weight excluding hydrogens is 374 g/mol. The maximum absolute atomic E-state index is 12.7. The Balaban J connectivity index is 1.49. The molecule has 0 aromatic heterocycles. The van der Waals surface area contributed by atoms with Gasteiger partial charge in [0.25, 0.3) is 0 Å². The molecule has 2 fully saturated rings. The molecule has 5 nitrogen and oxygen atoms in total. The summed E-state index contributed by atoms with van der Waals surface area (Å²) in [6.45, 7) is 1.04. The first kappa shape index (κ1) is 15.9. The second-order valence-corrected chi connectivity index (χ2v) is 7.71. The summed E-state index contributed by atoms with van der Waals surface area (Å²) in [4.78, 5) is 24.9. The molecule has 2 bridgehead atoms.